The number of aliphatic hydroxyl groups excluding tert-OH is 1. The molecule has 4 amide bonds. The number of hydrogen-bond acceptors (Lipinski definition) is 12. The van der Waals surface area contributed by atoms with Crippen molar-refractivity contribution >= 4 is 40.9 Å². The predicted molar refractivity (Wildman–Crippen MR) is 250 cm³/mol. The van der Waals surface area contributed by atoms with Gasteiger partial charge in [0.2, 0.25) is 23.4 Å². The minimum atomic E-state index is -1.42. The lowest BCUT2D eigenvalue weighted by Crippen LogP contribution is -2.56. The Bertz CT molecular complexity index is 2670. The number of primary amides is 1. The summed E-state index contributed by atoms with van der Waals surface area (Å²) in [7, 11) is 0. The monoisotopic (exact) mass is 930 g/mol. The molecule has 5 N–H and O–H groups in total. The Morgan fingerprint density at radius 2 is 1.63 bits per heavy atom. The van der Waals surface area contributed by atoms with Crippen molar-refractivity contribution in [2.45, 2.75) is 115 Å². The number of rotatable bonds is 18. The van der Waals surface area contributed by atoms with E-state index in [9.17, 15) is 33.9 Å². The summed E-state index contributed by atoms with van der Waals surface area (Å²) in [4.78, 5) is 85.3. The average molecular weight is 931 g/mol. The second-order valence-corrected chi connectivity index (χ2v) is 18.1. The lowest BCUT2D eigenvalue weighted by molar-refractivity contribution is -0.155. The molecule has 0 spiro atoms. The smallest absolute Gasteiger partial charge is 0.407 e. The number of nitrogens with zero attached hydrogens (tertiary/aromatic N) is 3. The van der Waals surface area contributed by atoms with Crippen LogP contribution < -0.4 is 22.1 Å². The fourth-order valence-electron chi connectivity index (χ4n) is 9.41. The molecular weight excluding hydrogens is 873 g/mol. The van der Waals surface area contributed by atoms with Crippen molar-refractivity contribution in [1.82, 2.24) is 25.1 Å². The Morgan fingerprint density at radius 3 is 2.31 bits per heavy atom. The van der Waals surface area contributed by atoms with E-state index >= 15 is 0 Å². The number of hydrogen-bond donors (Lipinski definition) is 4. The molecular formula is C51H58N6O11. The number of unbranched alkanes of at least 4 members (excludes halogenated alkanes) is 2. The van der Waals surface area contributed by atoms with Crippen LogP contribution in [0.15, 0.2) is 94.3 Å². The van der Waals surface area contributed by atoms with Crippen molar-refractivity contribution in [3.05, 3.63) is 112 Å². The summed E-state index contributed by atoms with van der Waals surface area (Å²) in [5.41, 5.74) is 11.2. The fourth-order valence-corrected chi connectivity index (χ4v) is 9.41. The van der Waals surface area contributed by atoms with Crippen molar-refractivity contribution in [3.63, 3.8) is 0 Å². The number of furan rings is 1. The maximum Gasteiger partial charge on any atom is 0.407 e. The molecule has 4 heterocycles. The van der Waals surface area contributed by atoms with Gasteiger partial charge >= 0.3 is 17.8 Å². The summed E-state index contributed by atoms with van der Waals surface area (Å²) in [6.07, 6.45) is 2.23. The van der Waals surface area contributed by atoms with E-state index in [-0.39, 0.29) is 44.2 Å². The van der Waals surface area contributed by atoms with Crippen LogP contribution in [0.4, 0.5) is 4.79 Å². The molecule has 3 aromatic carbocycles. The summed E-state index contributed by atoms with van der Waals surface area (Å²) in [5.74, 6) is -3.13. The number of likely N-dealkylation sites (tertiary alicyclic amines) is 1. The van der Waals surface area contributed by atoms with Gasteiger partial charge in [0.1, 0.15) is 49.4 Å². The third kappa shape index (κ3) is 10.5. The lowest BCUT2D eigenvalue weighted by atomic mass is 9.98. The predicted octanol–water partition coefficient (Wildman–Crippen LogP) is 5.50. The van der Waals surface area contributed by atoms with E-state index in [2.05, 4.69) is 34.7 Å². The summed E-state index contributed by atoms with van der Waals surface area (Å²) in [5, 5.41) is 16.8. The molecule has 3 aliphatic rings. The van der Waals surface area contributed by atoms with E-state index in [0.29, 0.717) is 17.6 Å². The van der Waals surface area contributed by atoms with Crippen LogP contribution in [0.1, 0.15) is 94.6 Å². The number of carbonyl (C=O) groups is 5. The van der Waals surface area contributed by atoms with Gasteiger partial charge in [-0.1, -0.05) is 106 Å². The lowest BCUT2D eigenvalue weighted by Gasteiger charge is -2.30. The minimum absolute atomic E-state index is 0.0162. The normalized spacial score (nSPS) is 19.6. The quantitative estimate of drug-likeness (QED) is 0.0631. The SMILES string of the molecule is CCCCCc1ccc(-c2cc3cn([C@H]4C[C@H](O)[C@@H](COC(=O)[C@@H](NC(=O)[C@@H]5CCCN5C(=O)[C@H](CC(N)=O)NC(=O)OCC5c6ccccc6-c6ccccc65)C(C)C)O4)c(=O)nc3o2)cc1. The van der Waals surface area contributed by atoms with Crippen LogP contribution in [0.5, 0.6) is 0 Å². The number of nitrogens with two attached hydrogens (primary N) is 1. The van der Waals surface area contributed by atoms with Crippen molar-refractivity contribution in [2.24, 2.45) is 11.7 Å². The summed E-state index contributed by atoms with van der Waals surface area (Å²) in [6.45, 7) is 5.33. The largest absolute Gasteiger partial charge is 0.461 e. The van der Waals surface area contributed by atoms with Crippen LogP contribution in [-0.4, -0.2) is 99.4 Å². The highest BCUT2D eigenvalue weighted by Gasteiger charge is 2.42. The third-order valence-electron chi connectivity index (χ3n) is 13.0. The van der Waals surface area contributed by atoms with Crippen LogP contribution in [0.25, 0.3) is 33.6 Å². The second kappa shape index (κ2) is 21.0. The van der Waals surface area contributed by atoms with Gasteiger partial charge in [0, 0.05) is 30.6 Å². The van der Waals surface area contributed by atoms with Gasteiger partial charge in [-0.25, -0.2) is 14.4 Å². The second-order valence-electron chi connectivity index (χ2n) is 18.1. The number of esters is 1. The van der Waals surface area contributed by atoms with Gasteiger partial charge in [0.25, 0.3) is 0 Å². The number of aryl methyl sites for hydroxylation is 1. The van der Waals surface area contributed by atoms with Crippen molar-refractivity contribution in [3.8, 4) is 22.5 Å². The first-order valence-electron chi connectivity index (χ1n) is 23.4. The van der Waals surface area contributed by atoms with Gasteiger partial charge in [-0.2, -0.15) is 4.98 Å². The zero-order valence-electron chi connectivity index (χ0n) is 38.4. The Kier molecular flexibility index (Phi) is 14.7. The Hall–Kier alpha value is -6.85. The maximum atomic E-state index is 14.0. The molecule has 0 bridgehead atoms. The Balaban J connectivity index is 0.854. The number of carbonyl (C=O) groups excluding carboxylic acids is 5. The minimum Gasteiger partial charge on any atom is -0.461 e. The standard InChI is InChI=1S/C51H58N6O11/c1-4-5-6-12-30-18-20-31(21-19-30)41-23-32-26-57(50(63)55-47(32)68-41)44-25-40(58)42(67-44)28-65-49(62)45(29(2)3)54-46(60)39-17-11-22-56(39)48(61)38(24-43(52)59)53-51(64)66-27-37-35-15-9-7-13-33(35)34-14-8-10-16-36(34)37/h7-10,13-16,18-21,23,26,29,37-40,42,44-45,58H,4-6,11-12,17,22,24-25,27-28H2,1-3H3,(H2,52,59)(H,53,64)(H,54,60)/t38-,39-,40-,42+,44+,45-/m0/s1. The first kappa shape index (κ1) is 47.6. The molecule has 68 heavy (non-hydrogen) atoms. The first-order valence-corrected chi connectivity index (χ1v) is 23.4. The molecule has 8 rings (SSSR count). The fraction of sp³-hybridized carbons (Fsp3) is 0.431. The number of amides is 4. The summed E-state index contributed by atoms with van der Waals surface area (Å²) >= 11 is 0. The van der Waals surface area contributed by atoms with E-state index in [0.717, 1.165) is 47.1 Å². The molecule has 0 saturated carbocycles. The zero-order valence-corrected chi connectivity index (χ0v) is 38.4. The van der Waals surface area contributed by atoms with Crippen LogP contribution >= 0.6 is 0 Å². The number of benzene rings is 3. The number of aliphatic hydroxyl groups is 1. The molecule has 2 saturated heterocycles. The number of nitrogens with one attached hydrogen (secondary N) is 2. The molecule has 1 aliphatic carbocycles. The van der Waals surface area contributed by atoms with Crippen molar-refractivity contribution in [2.75, 3.05) is 19.8 Å². The van der Waals surface area contributed by atoms with Crippen LogP contribution in [0.3, 0.4) is 0 Å². The van der Waals surface area contributed by atoms with Crippen molar-refractivity contribution in [1.29, 1.82) is 0 Å². The molecule has 2 aromatic heterocycles. The van der Waals surface area contributed by atoms with Crippen LogP contribution in [-0.2, 0) is 39.8 Å². The van der Waals surface area contributed by atoms with Gasteiger partial charge in [-0.05, 0) is 65.5 Å². The first-order chi connectivity index (χ1) is 32.8. The molecule has 2 aliphatic heterocycles. The Morgan fingerprint density at radius 1 is 0.926 bits per heavy atom. The summed E-state index contributed by atoms with van der Waals surface area (Å²) in [6, 6.07) is 22.0. The number of fused-ring (bicyclic) bond motifs is 4. The van der Waals surface area contributed by atoms with Crippen molar-refractivity contribution < 1.29 is 47.7 Å². The topological polar surface area (TPSA) is 235 Å². The van der Waals surface area contributed by atoms with E-state index in [4.69, 9.17) is 24.4 Å². The highest BCUT2D eigenvalue weighted by atomic mass is 16.6. The maximum absolute atomic E-state index is 14.0. The number of aromatic nitrogens is 2. The van der Waals surface area contributed by atoms with Gasteiger partial charge in [0.05, 0.1) is 17.9 Å². The van der Waals surface area contributed by atoms with Gasteiger partial charge in [-0.3, -0.25) is 19.0 Å². The molecule has 6 atom stereocenters. The highest BCUT2D eigenvalue weighted by Crippen LogP contribution is 2.44. The van der Waals surface area contributed by atoms with E-state index in [1.165, 1.54) is 21.5 Å². The number of alkyl carbamates (subject to hydrolysis) is 1. The molecule has 0 radical (unpaired) electrons. The Labute approximate surface area is 393 Å². The third-order valence-corrected chi connectivity index (χ3v) is 13.0. The zero-order chi connectivity index (χ0) is 48.1. The molecule has 2 fully saturated rings. The molecule has 17 nitrogen and oxygen atoms in total. The van der Waals surface area contributed by atoms with Crippen LogP contribution in [0.2, 0.25) is 0 Å². The van der Waals surface area contributed by atoms with E-state index in [1.54, 1.807) is 26.1 Å². The van der Waals surface area contributed by atoms with Gasteiger partial charge < -0.3 is 45.0 Å². The number of ether oxygens (including phenoxy) is 3. The van der Waals surface area contributed by atoms with Gasteiger partial charge in [-0.15, -0.1) is 0 Å². The molecule has 17 heteroatoms. The summed E-state index contributed by atoms with van der Waals surface area (Å²) < 4.78 is 24.5. The molecule has 0 unspecified atom stereocenters. The average Bonchev–Trinajstić information content (AvgIpc) is 4.13. The highest BCUT2D eigenvalue weighted by molar-refractivity contribution is 5.95. The van der Waals surface area contributed by atoms with Gasteiger partial charge in [0.15, 0.2) is 0 Å². The van der Waals surface area contributed by atoms with E-state index in [1.807, 2.05) is 60.7 Å². The molecule has 5 aromatic rings. The van der Waals surface area contributed by atoms with E-state index < -0.39 is 84.4 Å². The molecule has 358 valence electrons. The van der Waals surface area contributed by atoms with Crippen LogP contribution in [0, 0.1) is 5.92 Å².